The summed E-state index contributed by atoms with van der Waals surface area (Å²) in [5.74, 6) is -0.924. The first-order valence-electron chi connectivity index (χ1n) is 14.2. The van der Waals surface area contributed by atoms with Crippen LogP contribution in [0.1, 0.15) is 65.7 Å². The molecule has 5 atom stereocenters. The fourth-order valence-corrected chi connectivity index (χ4v) is 6.94. The number of rotatable bonds is 4. The minimum atomic E-state index is -4.17. The highest BCUT2D eigenvalue weighted by Crippen LogP contribution is 2.52. The summed E-state index contributed by atoms with van der Waals surface area (Å²) in [5, 5.41) is 2.71. The van der Waals surface area contributed by atoms with Gasteiger partial charge in [0.15, 0.2) is 5.54 Å². The highest BCUT2D eigenvalue weighted by molar-refractivity contribution is 9.10. The number of carbonyl (C=O) groups excluding carboxylic acids is 3. The largest absolute Gasteiger partial charge is 0.444 e. The predicted octanol–water partition coefficient (Wildman–Crippen LogP) is 4.25. The number of carbonyl (C=O) groups is 3. The third-order valence-electron chi connectivity index (χ3n) is 7.76. The van der Waals surface area contributed by atoms with Crippen molar-refractivity contribution in [2.24, 2.45) is 10.9 Å². The Balaban J connectivity index is 1.44. The van der Waals surface area contributed by atoms with Gasteiger partial charge in [-0.2, -0.15) is 8.42 Å². The van der Waals surface area contributed by atoms with Crippen molar-refractivity contribution in [3.63, 3.8) is 0 Å². The smallest absolute Gasteiger partial charge is 0.408 e. The van der Waals surface area contributed by atoms with Gasteiger partial charge in [0.05, 0.1) is 11.0 Å². The Morgan fingerprint density at radius 2 is 1.90 bits per heavy atom. The highest BCUT2D eigenvalue weighted by Gasteiger charge is 2.65. The maximum absolute atomic E-state index is 14.1. The zero-order valence-electron chi connectivity index (χ0n) is 23.9. The van der Waals surface area contributed by atoms with Gasteiger partial charge in [-0.1, -0.05) is 40.9 Å². The van der Waals surface area contributed by atoms with Crippen molar-refractivity contribution in [2.75, 3.05) is 6.54 Å². The molecule has 13 heteroatoms. The van der Waals surface area contributed by atoms with Crippen molar-refractivity contribution in [3.8, 4) is 0 Å². The lowest BCUT2D eigenvalue weighted by molar-refractivity contribution is -0.138. The number of nitrogens with one attached hydrogen (secondary N) is 1. The summed E-state index contributed by atoms with van der Waals surface area (Å²) in [5.41, 5.74) is -1.77. The average molecular weight is 667 g/mol. The van der Waals surface area contributed by atoms with Crippen LogP contribution in [-0.4, -0.2) is 73.1 Å². The number of nitrogens with zero attached hydrogens (tertiary/aromatic N) is 2. The molecule has 228 valence electrons. The number of hydrogen-bond donors (Lipinski definition) is 1. The van der Waals surface area contributed by atoms with Gasteiger partial charge in [-0.15, -0.1) is 0 Å². The number of esters is 1. The molecule has 1 aromatic rings. The molecule has 2 bridgehead atoms. The highest BCUT2D eigenvalue weighted by atomic mass is 79.9. The zero-order chi connectivity index (χ0) is 30.3. The summed E-state index contributed by atoms with van der Waals surface area (Å²) in [6, 6.07) is 4.25. The van der Waals surface area contributed by atoms with E-state index in [1.807, 2.05) is 6.08 Å². The Bertz CT molecular complexity index is 1400. The zero-order valence-corrected chi connectivity index (χ0v) is 26.3. The van der Waals surface area contributed by atoms with E-state index < -0.39 is 57.4 Å². The number of amides is 2. The third kappa shape index (κ3) is 6.73. The topological polar surface area (TPSA) is 141 Å². The number of ether oxygens (including phenoxy) is 2. The lowest BCUT2D eigenvalue weighted by Crippen LogP contribution is -2.52. The van der Waals surface area contributed by atoms with Crippen LogP contribution in [0.15, 0.2) is 50.8 Å². The Labute approximate surface area is 254 Å². The van der Waals surface area contributed by atoms with Crippen LogP contribution >= 0.6 is 15.9 Å². The van der Waals surface area contributed by atoms with Crippen LogP contribution in [0.25, 0.3) is 0 Å². The molecule has 1 spiro atoms. The predicted molar refractivity (Wildman–Crippen MR) is 156 cm³/mol. The van der Waals surface area contributed by atoms with E-state index in [1.165, 1.54) is 17.0 Å². The van der Waals surface area contributed by atoms with Crippen LogP contribution in [0.4, 0.5) is 4.79 Å². The van der Waals surface area contributed by atoms with Crippen molar-refractivity contribution < 1.29 is 36.5 Å². The van der Waals surface area contributed by atoms with Crippen molar-refractivity contribution in [1.29, 1.82) is 0 Å². The first kappa shape index (κ1) is 30.7. The molecule has 0 aromatic heterocycles. The molecular weight excluding hydrogens is 630 g/mol. The fraction of sp³-hybridized carbons (Fsp3) is 0.586. The van der Waals surface area contributed by atoms with Gasteiger partial charge in [0.1, 0.15) is 17.7 Å². The monoisotopic (exact) mass is 665 g/mol. The molecule has 0 radical (unpaired) electrons. The average Bonchev–Trinajstić information content (AvgIpc) is 3.26. The molecule has 42 heavy (non-hydrogen) atoms. The SMILES string of the molecule is CC(C)(C)OC(=O)N[C@H]1CCCCC/C=C\[C@@H]2C[C@@]23N=C(OC3=O)[C@@H]2C[C@H](OS(=O)(=O)c3ccc(Br)cc3)CN2C1=O. The molecule has 1 N–H and O–H groups in total. The van der Waals surface area contributed by atoms with Gasteiger partial charge in [-0.05, 0) is 70.7 Å². The van der Waals surface area contributed by atoms with E-state index in [9.17, 15) is 22.8 Å². The Kier molecular flexibility index (Phi) is 8.56. The molecule has 0 unspecified atom stereocenters. The maximum atomic E-state index is 14.1. The number of halogens is 1. The Hall–Kier alpha value is -2.77. The van der Waals surface area contributed by atoms with E-state index in [1.54, 1.807) is 32.9 Å². The molecule has 1 saturated carbocycles. The van der Waals surface area contributed by atoms with Gasteiger partial charge < -0.3 is 19.7 Å². The van der Waals surface area contributed by atoms with Crippen LogP contribution in [-0.2, 0) is 33.4 Å². The molecule has 1 aromatic carbocycles. The van der Waals surface area contributed by atoms with Crippen LogP contribution in [0.5, 0.6) is 0 Å². The van der Waals surface area contributed by atoms with E-state index in [-0.39, 0.29) is 29.7 Å². The molecule has 3 aliphatic heterocycles. The molecule has 4 aliphatic rings. The fourth-order valence-electron chi connectivity index (χ4n) is 5.59. The van der Waals surface area contributed by atoms with Gasteiger partial charge in [0, 0.05) is 23.4 Å². The second-order valence-corrected chi connectivity index (χ2v) is 14.7. The maximum Gasteiger partial charge on any atom is 0.408 e. The van der Waals surface area contributed by atoms with Gasteiger partial charge in [0.2, 0.25) is 11.8 Å². The first-order chi connectivity index (χ1) is 19.8. The summed E-state index contributed by atoms with van der Waals surface area (Å²) in [7, 11) is -4.17. The van der Waals surface area contributed by atoms with Gasteiger partial charge in [0.25, 0.3) is 10.1 Å². The normalized spacial score (nSPS) is 30.7. The number of alkyl carbamates (subject to hydrolysis) is 1. The standard InChI is InChI=1S/C29H36BrN3O8S/c1-28(2,3)40-27(36)31-22-10-8-6-4-5-7-9-18-16-29(18)26(35)39-24(32-29)23-15-20(17-33(23)25(22)34)41-42(37,38)21-13-11-19(30)12-14-21/h7,9,11-14,18,20,22-23H,4-6,8,10,15-17H2,1-3H3,(H,31,36)/b9-7-/t18-,20+,22+,23+,29-/m1/s1. The van der Waals surface area contributed by atoms with E-state index in [4.69, 9.17) is 13.7 Å². The lowest BCUT2D eigenvalue weighted by Gasteiger charge is -2.29. The van der Waals surface area contributed by atoms with Crippen LogP contribution in [0.2, 0.25) is 0 Å². The molecular formula is C29H36BrN3O8S. The molecule has 1 aliphatic carbocycles. The minimum Gasteiger partial charge on any atom is -0.444 e. The van der Waals surface area contributed by atoms with Crippen molar-refractivity contribution in [1.82, 2.24) is 10.2 Å². The van der Waals surface area contributed by atoms with Crippen molar-refractivity contribution in [3.05, 3.63) is 40.9 Å². The van der Waals surface area contributed by atoms with E-state index >= 15 is 0 Å². The number of benzene rings is 1. The van der Waals surface area contributed by atoms with Crippen molar-refractivity contribution >= 4 is 49.9 Å². The molecule has 3 heterocycles. The molecule has 5 rings (SSSR count). The van der Waals surface area contributed by atoms with E-state index in [0.29, 0.717) is 23.7 Å². The Morgan fingerprint density at radius 1 is 1.17 bits per heavy atom. The van der Waals surface area contributed by atoms with Crippen molar-refractivity contribution in [2.45, 2.75) is 99.9 Å². The van der Waals surface area contributed by atoms with Crippen LogP contribution in [0, 0.1) is 5.92 Å². The van der Waals surface area contributed by atoms with E-state index in [2.05, 4.69) is 32.3 Å². The molecule has 11 nitrogen and oxygen atoms in total. The van der Waals surface area contributed by atoms with Gasteiger partial charge in [-0.3, -0.25) is 8.98 Å². The summed E-state index contributed by atoms with van der Waals surface area (Å²) in [6.07, 6.45) is 6.56. The minimum absolute atomic E-state index is 0.0258. The Morgan fingerprint density at radius 3 is 2.62 bits per heavy atom. The summed E-state index contributed by atoms with van der Waals surface area (Å²) >= 11 is 3.29. The molecule has 2 amide bonds. The first-order valence-corrected chi connectivity index (χ1v) is 16.4. The van der Waals surface area contributed by atoms with E-state index in [0.717, 1.165) is 19.3 Å². The quantitative estimate of drug-likeness (QED) is 0.286. The number of hydrogen-bond acceptors (Lipinski definition) is 9. The summed E-state index contributed by atoms with van der Waals surface area (Å²) in [6.45, 7) is 5.10. The van der Waals surface area contributed by atoms with Gasteiger partial charge in [-0.25, -0.2) is 14.6 Å². The molecule has 1 saturated heterocycles. The molecule has 2 fully saturated rings. The second kappa shape index (κ2) is 11.7. The third-order valence-corrected chi connectivity index (χ3v) is 9.67. The van der Waals surface area contributed by atoms with Gasteiger partial charge >= 0.3 is 12.1 Å². The summed E-state index contributed by atoms with van der Waals surface area (Å²) < 4.78 is 43.6. The lowest BCUT2D eigenvalue weighted by atomic mass is 10.0. The number of fused-ring (bicyclic) bond motifs is 2. The van der Waals surface area contributed by atoms with Crippen LogP contribution in [0.3, 0.4) is 0 Å². The summed E-state index contributed by atoms with van der Waals surface area (Å²) in [4.78, 5) is 45.8. The number of allylic oxidation sites excluding steroid dienone is 1. The number of aliphatic imine (C=N–C) groups is 1. The van der Waals surface area contributed by atoms with Crippen LogP contribution < -0.4 is 5.32 Å². The second-order valence-electron chi connectivity index (χ2n) is 12.2.